The predicted molar refractivity (Wildman–Crippen MR) is 180 cm³/mol. The lowest BCUT2D eigenvalue weighted by molar-refractivity contribution is 1.72. The Kier molecular flexibility index (Phi) is 5.36. The third kappa shape index (κ3) is 3.43. The molecule has 0 nitrogen and oxygen atoms in total. The molecule has 0 aliphatic carbocycles. The predicted octanol–water partition coefficient (Wildman–Crippen LogP) is 8.06. The van der Waals surface area contributed by atoms with Gasteiger partial charge in [-0.15, -0.1) is 0 Å². The van der Waals surface area contributed by atoms with Crippen molar-refractivity contribution in [2.75, 3.05) is 0 Å². The van der Waals surface area contributed by atoms with Crippen molar-refractivity contribution in [3.63, 3.8) is 0 Å². The van der Waals surface area contributed by atoms with Crippen LogP contribution in [0.5, 0.6) is 0 Å². The van der Waals surface area contributed by atoms with Gasteiger partial charge >= 0.3 is 0 Å². The molecule has 0 atom stereocenters. The maximum Gasteiger partial charge on any atom is 0.204 e. The molecule has 1 heterocycles. The first kappa shape index (κ1) is 24.1. The Morgan fingerprint density at radius 2 is 0.775 bits per heavy atom. The summed E-state index contributed by atoms with van der Waals surface area (Å²) in [6, 6.07) is 40.2. The van der Waals surface area contributed by atoms with Crippen molar-refractivity contribution >= 4 is 102 Å². The van der Waals surface area contributed by atoms with E-state index in [0.717, 1.165) is 0 Å². The Morgan fingerprint density at radius 1 is 0.400 bits per heavy atom. The Morgan fingerprint density at radius 3 is 1.27 bits per heavy atom. The largest absolute Gasteiger partial charge is 0.204 e. The molecule has 0 fully saturated rings. The highest BCUT2D eigenvalue weighted by Crippen LogP contribution is 2.43. The second-order valence-electron chi connectivity index (χ2n) is 11.2. The molecule has 188 valence electrons. The molecule has 0 aromatic heterocycles. The number of hydrogen-bond acceptors (Lipinski definition) is 0. The van der Waals surface area contributed by atoms with E-state index in [4.69, 9.17) is 23.2 Å². The zero-order valence-electron chi connectivity index (χ0n) is 22.3. The maximum atomic E-state index is 6.53. The zero-order valence-corrected chi connectivity index (χ0v) is 23.8. The van der Waals surface area contributed by atoms with Crippen LogP contribution in [0.25, 0.3) is 54.2 Å². The minimum absolute atomic E-state index is 0.212. The molecule has 0 radical (unpaired) electrons. The second-order valence-corrected chi connectivity index (χ2v) is 12.0. The monoisotopic (exact) mass is 548 g/mol. The smallest absolute Gasteiger partial charge is 0.0827 e. The highest BCUT2D eigenvalue weighted by Gasteiger charge is 2.33. The van der Waals surface area contributed by atoms with Crippen molar-refractivity contribution in [1.29, 1.82) is 0 Å². The number of hydrogen-bond donors (Lipinski definition) is 0. The van der Waals surface area contributed by atoms with Crippen LogP contribution < -0.4 is 21.9 Å². The Labute approximate surface area is 244 Å². The molecule has 1 aliphatic rings. The van der Waals surface area contributed by atoms with Crippen LogP contribution in [0.2, 0.25) is 23.7 Å². The van der Waals surface area contributed by atoms with E-state index in [1.54, 1.807) is 0 Å². The number of benzene rings is 7. The SMILES string of the molecule is CB1c2cc(Cl)c(Cl)cc2B(C)c2cc3c(-c4c5ccccc5cc5ccccc45)c4ccccc4cc3cc21. The Hall–Kier alpha value is -3.71. The van der Waals surface area contributed by atoms with Crippen molar-refractivity contribution in [1.82, 2.24) is 0 Å². The minimum Gasteiger partial charge on any atom is -0.0827 e. The van der Waals surface area contributed by atoms with E-state index in [0.29, 0.717) is 10.0 Å². The molecule has 0 saturated carbocycles. The molecule has 0 unspecified atom stereocenters. The molecule has 0 amide bonds. The summed E-state index contributed by atoms with van der Waals surface area (Å²) in [7, 11) is 0. The third-order valence-electron chi connectivity index (χ3n) is 9.08. The third-order valence-corrected chi connectivity index (χ3v) is 9.80. The fraction of sp³-hybridized carbons (Fsp3) is 0.0556. The van der Waals surface area contributed by atoms with Gasteiger partial charge in [-0.1, -0.05) is 144 Å². The number of halogens is 2. The average molecular weight is 549 g/mol. The molecular weight excluding hydrogens is 525 g/mol. The minimum atomic E-state index is 0.212. The van der Waals surface area contributed by atoms with Crippen LogP contribution in [0, 0.1) is 0 Å². The van der Waals surface area contributed by atoms with Crippen molar-refractivity contribution in [3.8, 4) is 11.1 Å². The molecule has 4 heteroatoms. The summed E-state index contributed by atoms with van der Waals surface area (Å²) in [6.45, 7) is 5.03. The molecule has 7 aromatic rings. The summed E-state index contributed by atoms with van der Waals surface area (Å²) in [5.41, 5.74) is 7.90. The van der Waals surface area contributed by atoms with E-state index >= 15 is 0 Å². The van der Waals surface area contributed by atoms with Crippen molar-refractivity contribution in [2.45, 2.75) is 13.6 Å². The lowest BCUT2D eigenvalue weighted by Gasteiger charge is -2.29. The summed E-state index contributed by atoms with van der Waals surface area (Å²) < 4.78 is 0. The maximum absolute atomic E-state index is 6.53. The Bertz CT molecular complexity index is 2130. The second kappa shape index (κ2) is 8.90. The van der Waals surface area contributed by atoms with Crippen LogP contribution in [0.15, 0.2) is 109 Å². The van der Waals surface area contributed by atoms with Gasteiger partial charge in [-0.3, -0.25) is 0 Å². The quantitative estimate of drug-likeness (QED) is 0.144. The van der Waals surface area contributed by atoms with E-state index in [1.807, 2.05) is 0 Å². The van der Waals surface area contributed by atoms with Gasteiger partial charge in [0.1, 0.15) is 0 Å². The fourth-order valence-corrected chi connectivity index (χ4v) is 7.46. The fourth-order valence-electron chi connectivity index (χ4n) is 7.11. The van der Waals surface area contributed by atoms with Crippen LogP contribution >= 0.6 is 23.2 Å². The Balaban J connectivity index is 1.54. The van der Waals surface area contributed by atoms with Crippen LogP contribution in [0.4, 0.5) is 0 Å². The summed E-state index contributed by atoms with van der Waals surface area (Å²) in [5.74, 6) is 0. The van der Waals surface area contributed by atoms with Gasteiger partial charge in [0.05, 0.1) is 10.0 Å². The highest BCUT2D eigenvalue weighted by molar-refractivity contribution is 7.02. The lowest BCUT2D eigenvalue weighted by Crippen LogP contribution is -2.66. The molecule has 0 N–H and O–H groups in total. The van der Waals surface area contributed by atoms with Crippen molar-refractivity contribution in [3.05, 3.63) is 119 Å². The average Bonchev–Trinajstić information content (AvgIpc) is 2.98. The van der Waals surface area contributed by atoms with Gasteiger partial charge in [0.15, 0.2) is 0 Å². The van der Waals surface area contributed by atoms with Gasteiger partial charge in [0.2, 0.25) is 13.4 Å². The highest BCUT2D eigenvalue weighted by atomic mass is 35.5. The standard InChI is InChI=1S/C36H24B2Cl2/c1-37-29-17-24-16-23-11-5-8-14-27(23)36(28(24)18-30(29)38(2)32-20-34(40)33(39)19-31(32)37)35-25-12-6-3-9-21(25)15-22-10-4-7-13-26(22)35/h3-20H,1-2H3. The van der Waals surface area contributed by atoms with Gasteiger partial charge in [-0.05, 0) is 78.5 Å². The molecule has 0 spiro atoms. The molecule has 40 heavy (non-hydrogen) atoms. The first-order chi connectivity index (χ1) is 19.5. The summed E-state index contributed by atoms with van der Waals surface area (Å²) in [4.78, 5) is 0. The first-order valence-corrected chi connectivity index (χ1v) is 14.6. The summed E-state index contributed by atoms with van der Waals surface area (Å²) in [6.07, 6.45) is 0. The zero-order chi connectivity index (χ0) is 27.1. The molecular formula is C36H24B2Cl2. The van der Waals surface area contributed by atoms with Crippen LogP contribution in [0.3, 0.4) is 0 Å². The molecule has 8 rings (SSSR count). The van der Waals surface area contributed by atoms with E-state index in [9.17, 15) is 0 Å². The lowest BCUT2D eigenvalue weighted by atomic mass is 9.25. The van der Waals surface area contributed by atoms with Crippen molar-refractivity contribution < 1.29 is 0 Å². The van der Waals surface area contributed by atoms with Gasteiger partial charge < -0.3 is 0 Å². The van der Waals surface area contributed by atoms with Gasteiger partial charge in [0, 0.05) is 0 Å². The normalized spacial score (nSPS) is 12.9. The van der Waals surface area contributed by atoms with Crippen LogP contribution in [-0.2, 0) is 0 Å². The van der Waals surface area contributed by atoms with Crippen LogP contribution in [0.1, 0.15) is 0 Å². The number of fused-ring (bicyclic) bond motifs is 6. The van der Waals surface area contributed by atoms with Gasteiger partial charge in [0.25, 0.3) is 0 Å². The summed E-state index contributed by atoms with van der Waals surface area (Å²) >= 11 is 13.0. The summed E-state index contributed by atoms with van der Waals surface area (Å²) in [5, 5.41) is 11.4. The van der Waals surface area contributed by atoms with E-state index in [2.05, 4.69) is 123 Å². The molecule has 7 aromatic carbocycles. The first-order valence-electron chi connectivity index (χ1n) is 13.9. The van der Waals surface area contributed by atoms with E-state index in [1.165, 1.54) is 76.1 Å². The van der Waals surface area contributed by atoms with Gasteiger partial charge in [-0.2, -0.15) is 0 Å². The van der Waals surface area contributed by atoms with Crippen LogP contribution in [-0.4, -0.2) is 13.4 Å². The molecule has 1 aliphatic heterocycles. The van der Waals surface area contributed by atoms with Gasteiger partial charge in [-0.25, -0.2) is 0 Å². The molecule has 0 bridgehead atoms. The van der Waals surface area contributed by atoms with E-state index < -0.39 is 0 Å². The van der Waals surface area contributed by atoms with Crippen molar-refractivity contribution in [2.24, 2.45) is 0 Å². The topological polar surface area (TPSA) is 0 Å². The van der Waals surface area contributed by atoms with E-state index in [-0.39, 0.29) is 13.4 Å². The molecule has 0 saturated heterocycles. The number of rotatable bonds is 1.